The van der Waals surface area contributed by atoms with Crippen molar-refractivity contribution >= 4 is 11.6 Å². The lowest BCUT2D eigenvalue weighted by Gasteiger charge is -2.13. The van der Waals surface area contributed by atoms with E-state index in [-0.39, 0.29) is 5.91 Å². The molecule has 0 unspecified atom stereocenters. The number of amides is 1. The fourth-order valence-electron chi connectivity index (χ4n) is 1.27. The van der Waals surface area contributed by atoms with Gasteiger partial charge in [0.05, 0.1) is 0 Å². The predicted molar refractivity (Wildman–Crippen MR) is 60.1 cm³/mol. The van der Waals surface area contributed by atoms with E-state index in [2.05, 4.69) is 10.9 Å². The molecular formula is C10H16N4O. The van der Waals surface area contributed by atoms with Crippen LogP contribution >= 0.6 is 0 Å². The van der Waals surface area contributed by atoms with Crippen molar-refractivity contribution in [1.29, 1.82) is 0 Å². The summed E-state index contributed by atoms with van der Waals surface area (Å²) < 4.78 is 0. The van der Waals surface area contributed by atoms with Crippen molar-refractivity contribution < 1.29 is 4.79 Å². The summed E-state index contributed by atoms with van der Waals surface area (Å²) in [6, 6.07) is 5.32. The highest BCUT2D eigenvalue weighted by Gasteiger charge is 2.09. The smallest absolute Gasteiger partial charge is 0.265 e. The molecule has 0 aliphatic carbocycles. The van der Waals surface area contributed by atoms with Crippen molar-refractivity contribution in [3.05, 3.63) is 29.3 Å². The van der Waals surface area contributed by atoms with Crippen molar-refractivity contribution in [1.82, 2.24) is 10.4 Å². The zero-order valence-corrected chi connectivity index (χ0v) is 9.16. The Labute approximate surface area is 89.2 Å². The van der Waals surface area contributed by atoms with Crippen LogP contribution in [0.2, 0.25) is 0 Å². The first-order valence-corrected chi connectivity index (χ1v) is 4.60. The van der Waals surface area contributed by atoms with Gasteiger partial charge >= 0.3 is 0 Å². The van der Waals surface area contributed by atoms with Gasteiger partial charge in [0.15, 0.2) is 0 Å². The zero-order valence-electron chi connectivity index (χ0n) is 9.16. The normalized spacial score (nSPS) is 10.2. The molecule has 0 spiro atoms. The molecule has 0 bridgehead atoms. The van der Waals surface area contributed by atoms with Gasteiger partial charge in [-0.15, -0.1) is 0 Å². The maximum absolute atomic E-state index is 11.7. The number of hydrogen-bond acceptors (Lipinski definition) is 4. The second-order valence-corrected chi connectivity index (χ2v) is 3.51. The van der Waals surface area contributed by atoms with Crippen molar-refractivity contribution in [2.75, 3.05) is 19.5 Å². The molecule has 82 valence electrons. The second kappa shape index (κ2) is 4.77. The molecule has 15 heavy (non-hydrogen) atoms. The van der Waals surface area contributed by atoms with Crippen LogP contribution in [0.4, 0.5) is 5.69 Å². The van der Waals surface area contributed by atoms with E-state index in [9.17, 15) is 4.79 Å². The number of anilines is 1. The Bertz CT molecular complexity index is 362. The molecule has 5 heteroatoms. The largest absolute Gasteiger partial charge is 0.324 e. The highest BCUT2D eigenvalue weighted by molar-refractivity contribution is 5.95. The standard InChI is InChI=1S/C10H16N4O/c1-7-6-8(12-11)4-5-9(7)10(15)13-14(2)3/h4-6,12H,11H2,1-3H3,(H,13,15). The second-order valence-electron chi connectivity index (χ2n) is 3.51. The molecule has 0 fully saturated rings. The third-order valence-corrected chi connectivity index (χ3v) is 1.96. The van der Waals surface area contributed by atoms with Crippen LogP contribution in [-0.4, -0.2) is 25.0 Å². The van der Waals surface area contributed by atoms with Gasteiger partial charge in [0.25, 0.3) is 5.91 Å². The molecule has 1 aromatic rings. The molecular weight excluding hydrogens is 192 g/mol. The average Bonchev–Trinajstić information content (AvgIpc) is 2.16. The molecule has 1 aromatic carbocycles. The highest BCUT2D eigenvalue weighted by Crippen LogP contribution is 2.13. The SMILES string of the molecule is Cc1cc(NN)ccc1C(=O)NN(C)C. The Kier molecular flexibility index (Phi) is 3.65. The van der Waals surface area contributed by atoms with Crippen molar-refractivity contribution in [3.63, 3.8) is 0 Å². The molecule has 0 radical (unpaired) electrons. The number of carbonyl (C=O) groups is 1. The summed E-state index contributed by atoms with van der Waals surface area (Å²) >= 11 is 0. The van der Waals surface area contributed by atoms with Gasteiger partial charge in [-0.1, -0.05) is 0 Å². The van der Waals surface area contributed by atoms with Gasteiger partial charge in [0.2, 0.25) is 0 Å². The molecule has 5 nitrogen and oxygen atoms in total. The minimum Gasteiger partial charge on any atom is -0.324 e. The number of nitrogens with zero attached hydrogens (tertiary/aromatic N) is 1. The number of benzene rings is 1. The minimum absolute atomic E-state index is 0.124. The fourth-order valence-corrected chi connectivity index (χ4v) is 1.27. The maximum atomic E-state index is 11.7. The maximum Gasteiger partial charge on any atom is 0.265 e. The lowest BCUT2D eigenvalue weighted by molar-refractivity contribution is 0.0856. The summed E-state index contributed by atoms with van der Waals surface area (Å²) in [7, 11) is 3.53. The van der Waals surface area contributed by atoms with Crippen LogP contribution < -0.4 is 16.7 Å². The average molecular weight is 208 g/mol. The highest BCUT2D eigenvalue weighted by atomic mass is 16.2. The molecule has 0 aliphatic rings. The Hall–Kier alpha value is -1.59. The van der Waals surface area contributed by atoms with Crippen LogP contribution in [0.5, 0.6) is 0 Å². The third kappa shape index (κ3) is 2.93. The Morgan fingerprint density at radius 1 is 1.40 bits per heavy atom. The van der Waals surface area contributed by atoms with E-state index in [1.54, 1.807) is 31.2 Å². The predicted octanol–water partition coefficient (Wildman–Crippen LogP) is 0.487. The van der Waals surface area contributed by atoms with Gasteiger partial charge in [-0.2, -0.15) is 0 Å². The number of nitrogens with one attached hydrogen (secondary N) is 2. The van der Waals surface area contributed by atoms with Crippen LogP contribution in [0.1, 0.15) is 15.9 Å². The van der Waals surface area contributed by atoms with Crippen LogP contribution in [-0.2, 0) is 0 Å². The quantitative estimate of drug-likeness (QED) is 0.499. The molecule has 0 heterocycles. The topological polar surface area (TPSA) is 70.4 Å². The van der Waals surface area contributed by atoms with Crippen LogP contribution in [0.15, 0.2) is 18.2 Å². The summed E-state index contributed by atoms with van der Waals surface area (Å²) in [6.45, 7) is 1.87. The molecule has 0 aliphatic heterocycles. The Morgan fingerprint density at radius 2 is 2.07 bits per heavy atom. The zero-order chi connectivity index (χ0) is 11.4. The fraction of sp³-hybridized carbons (Fsp3) is 0.300. The van der Waals surface area contributed by atoms with E-state index >= 15 is 0 Å². The van der Waals surface area contributed by atoms with Crippen LogP contribution in [0.3, 0.4) is 0 Å². The number of carbonyl (C=O) groups excluding carboxylic acids is 1. The Balaban J connectivity index is 2.90. The molecule has 0 aromatic heterocycles. The summed E-state index contributed by atoms with van der Waals surface area (Å²) in [5.41, 5.74) is 7.52. The molecule has 1 amide bonds. The van der Waals surface area contributed by atoms with Crippen molar-refractivity contribution in [2.45, 2.75) is 6.92 Å². The summed E-state index contributed by atoms with van der Waals surface area (Å²) in [6.07, 6.45) is 0. The first-order valence-electron chi connectivity index (χ1n) is 4.60. The Morgan fingerprint density at radius 3 is 2.53 bits per heavy atom. The number of rotatable bonds is 3. The van der Waals surface area contributed by atoms with Gasteiger partial charge in [-0.25, -0.2) is 5.01 Å². The first-order chi connectivity index (χ1) is 7.04. The monoisotopic (exact) mass is 208 g/mol. The molecule has 0 atom stereocenters. The van der Waals surface area contributed by atoms with Crippen LogP contribution in [0, 0.1) is 6.92 Å². The number of nitrogen functional groups attached to an aromatic ring is 1. The van der Waals surface area contributed by atoms with Gasteiger partial charge in [0, 0.05) is 25.3 Å². The number of hydrazine groups is 2. The molecule has 4 N–H and O–H groups in total. The molecule has 0 saturated heterocycles. The third-order valence-electron chi connectivity index (χ3n) is 1.96. The van der Waals surface area contributed by atoms with E-state index < -0.39 is 0 Å². The number of aryl methyl sites for hydroxylation is 1. The van der Waals surface area contributed by atoms with Crippen molar-refractivity contribution in [2.24, 2.45) is 5.84 Å². The van der Waals surface area contributed by atoms with Crippen molar-refractivity contribution in [3.8, 4) is 0 Å². The summed E-state index contributed by atoms with van der Waals surface area (Å²) in [5, 5.41) is 1.61. The number of nitrogens with two attached hydrogens (primary N) is 1. The molecule has 0 saturated carbocycles. The lowest BCUT2D eigenvalue weighted by atomic mass is 10.1. The first kappa shape index (κ1) is 11.5. The minimum atomic E-state index is -0.124. The van der Waals surface area contributed by atoms with Gasteiger partial charge in [0.1, 0.15) is 0 Å². The van der Waals surface area contributed by atoms with Gasteiger partial charge in [-0.3, -0.25) is 16.1 Å². The molecule has 1 rings (SSSR count). The lowest BCUT2D eigenvalue weighted by Crippen LogP contribution is -2.36. The van der Waals surface area contributed by atoms with E-state index in [1.165, 1.54) is 0 Å². The van der Waals surface area contributed by atoms with Gasteiger partial charge < -0.3 is 5.43 Å². The van der Waals surface area contributed by atoms with E-state index in [4.69, 9.17) is 5.84 Å². The number of hydrogen-bond donors (Lipinski definition) is 3. The summed E-state index contributed by atoms with van der Waals surface area (Å²) in [5.74, 6) is 5.14. The van der Waals surface area contributed by atoms with Crippen LogP contribution in [0.25, 0.3) is 0 Å². The van der Waals surface area contributed by atoms with Gasteiger partial charge in [-0.05, 0) is 30.7 Å². The summed E-state index contributed by atoms with van der Waals surface area (Å²) in [4.78, 5) is 11.7. The van der Waals surface area contributed by atoms with E-state index in [1.807, 2.05) is 13.0 Å². The van der Waals surface area contributed by atoms with E-state index in [0.29, 0.717) is 5.56 Å². The van der Waals surface area contributed by atoms with E-state index in [0.717, 1.165) is 11.3 Å².